The highest BCUT2D eigenvalue weighted by Crippen LogP contribution is 2.37. The molecule has 3 nitrogen and oxygen atoms in total. The fourth-order valence-electron chi connectivity index (χ4n) is 4.80. The monoisotopic (exact) mass is 511 g/mol. The Bertz CT molecular complexity index is 1370. The average Bonchev–Trinajstić information content (AvgIpc) is 3.31. The summed E-state index contributed by atoms with van der Waals surface area (Å²) in [5.41, 5.74) is 7.37. The van der Waals surface area contributed by atoms with E-state index in [1.54, 1.807) is 0 Å². The van der Waals surface area contributed by atoms with Crippen molar-refractivity contribution in [2.75, 3.05) is 0 Å². The molecule has 0 saturated heterocycles. The zero-order valence-electron chi connectivity index (χ0n) is 21.0. The van der Waals surface area contributed by atoms with Crippen molar-refractivity contribution < 1.29 is 17.0 Å². The van der Waals surface area contributed by atoms with Gasteiger partial charge in [-0.3, -0.25) is 4.98 Å². The van der Waals surface area contributed by atoms with E-state index < -0.39 is 7.92 Å². The molecule has 5 rings (SSSR count). The number of imidazole rings is 1. The number of pyridine rings is 1. The van der Waals surface area contributed by atoms with Crippen molar-refractivity contribution in [2.45, 2.75) is 33.5 Å². The third kappa shape index (κ3) is 5.93. The molecule has 0 bridgehead atoms. The van der Waals surface area contributed by atoms with Crippen LogP contribution in [0.1, 0.15) is 28.1 Å². The number of hydrogen-bond acceptors (Lipinski definition) is 1. The molecule has 0 aliphatic carbocycles. The van der Waals surface area contributed by atoms with Gasteiger partial charge in [-0.15, -0.1) is 0 Å². The first-order valence-electron chi connectivity index (χ1n) is 12.0. The van der Waals surface area contributed by atoms with Gasteiger partial charge in [-0.2, -0.15) is 0 Å². The summed E-state index contributed by atoms with van der Waals surface area (Å²) in [6, 6.07) is 32.6. The Labute approximate surface area is 221 Å². The van der Waals surface area contributed by atoms with Crippen molar-refractivity contribution in [3.8, 4) is 5.69 Å². The Morgan fingerprint density at radius 2 is 1.33 bits per heavy atom. The summed E-state index contributed by atoms with van der Waals surface area (Å²) in [6.07, 6.45) is 7.37. The standard InChI is InChI=1S/C31H31N3P.ClH/c1-24-19-25(2)31(26(3)20-24)34-18-17-33(23-34)21-27-11-10-12-28(32-27)22-35(29-13-6-4-7-14-29)30-15-8-5-9-16-30;/h4-20,23H,21-22H2,1-3H3;1H/q+1;/p-1. The van der Waals surface area contributed by atoms with Crippen LogP contribution in [0.25, 0.3) is 5.69 Å². The predicted molar refractivity (Wildman–Crippen MR) is 146 cm³/mol. The molecule has 182 valence electrons. The number of hydrogen-bond donors (Lipinski definition) is 0. The number of benzene rings is 3. The van der Waals surface area contributed by atoms with Crippen LogP contribution >= 0.6 is 7.92 Å². The van der Waals surface area contributed by atoms with E-state index in [0.717, 1.165) is 24.1 Å². The summed E-state index contributed by atoms with van der Waals surface area (Å²) < 4.78 is 4.43. The molecule has 2 heterocycles. The number of halogens is 1. The fraction of sp³-hybridized carbons (Fsp3) is 0.161. The van der Waals surface area contributed by atoms with Crippen LogP contribution in [0.4, 0.5) is 0 Å². The first kappa shape index (κ1) is 25.8. The molecule has 5 heteroatoms. The minimum atomic E-state index is -0.509. The first-order valence-corrected chi connectivity index (χ1v) is 13.6. The second-order valence-electron chi connectivity index (χ2n) is 9.12. The topological polar surface area (TPSA) is 21.7 Å². The van der Waals surface area contributed by atoms with Gasteiger partial charge in [-0.1, -0.05) is 84.4 Å². The summed E-state index contributed by atoms with van der Waals surface area (Å²) in [5.74, 6) is 0. The molecule has 0 N–H and O–H groups in total. The van der Waals surface area contributed by atoms with Gasteiger partial charge in [0.05, 0.1) is 5.69 Å². The lowest BCUT2D eigenvalue weighted by Gasteiger charge is -2.18. The van der Waals surface area contributed by atoms with Crippen molar-refractivity contribution >= 4 is 18.5 Å². The Balaban J connectivity index is 0.00000304. The Morgan fingerprint density at radius 1 is 0.750 bits per heavy atom. The molecule has 0 atom stereocenters. The molecule has 0 spiro atoms. The number of nitrogens with zero attached hydrogens (tertiary/aromatic N) is 3. The van der Waals surface area contributed by atoms with E-state index in [4.69, 9.17) is 4.98 Å². The van der Waals surface area contributed by atoms with E-state index in [2.05, 4.69) is 140 Å². The Hall–Kier alpha value is -3.26. The van der Waals surface area contributed by atoms with Crippen molar-refractivity contribution in [1.29, 1.82) is 0 Å². The molecule has 0 unspecified atom stereocenters. The molecule has 2 aromatic heterocycles. The third-order valence-electron chi connectivity index (χ3n) is 6.25. The summed E-state index contributed by atoms with van der Waals surface area (Å²) in [4.78, 5) is 5.07. The summed E-state index contributed by atoms with van der Waals surface area (Å²) in [6.45, 7) is 7.27. The van der Waals surface area contributed by atoms with E-state index in [9.17, 15) is 0 Å². The molecule has 3 aromatic carbocycles. The molecule has 36 heavy (non-hydrogen) atoms. The SMILES string of the molecule is Cc1cc(C)c(-n2cc[n+](Cc3cccc(CP(c4ccccc4)c4ccccc4)n3)c2)c(C)c1.[Cl-]. The van der Waals surface area contributed by atoms with E-state index in [0.29, 0.717) is 0 Å². The van der Waals surface area contributed by atoms with Crippen LogP contribution in [0, 0.1) is 20.8 Å². The van der Waals surface area contributed by atoms with Gasteiger partial charge in [0.1, 0.15) is 24.6 Å². The molecular weight excluding hydrogens is 481 g/mol. The number of aryl methyl sites for hydroxylation is 3. The van der Waals surface area contributed by atoms with Gasteiger partial charge in [0.15, 0.2) is 0 Å². The van der Waals surface area contributed by atoms with Gasteiger partial charge in [0, 0.05) is 11.9 Å². The molecule has 0 radical (unpaired) electrons. The largest absolute Gasteiger partial charge is 1.00 e. The first-order chi connectivity index (χ1) is 17.1. The molecule has 0 aliphatic rings. The molecule has 0 aliphatic heterocycles. The molecule has 0 saturated carbocycles. The fourth-order valence-corrected chi connectivity index (χ4v) is 7.03. The zero-order chi connectivity index (χ0) is 24.2. The van der Waals surface area contributed by atoms with E-state index in [-0.39, 0.29) is 12.4 Å². The molecule has 0 fully saturated rings. The lowest BCUT2D eigenvalue weighted by molar-refractivity contribution is -0.688. The van der Waals surface area contributed by atoms with Gasteiger partial charge < -0.3 is 12.4 Å². The van der Waals surface area contributed by atoms with Gasteiger partial charge in [0.25, 0.3) is 0 Å². The maximum atomic E-state index is 5.07. The second-order valence-corrected chi connectivity index (χ2v) is 11.3. The third-order valence-corrected chi connectivity index (χ3v) is 8.73. The van der Waals surface area contributed by atoms with Crippen LogP contribution in [-0.2, 0) is 12.7 Å². The highest BCUT2D eigenvalue weighted by atomic mass is 35.5. The van der Waals surface area contributed by atoms with Gasteiger partial charge in [-0.25, -0.2) is 9.13 Å². The van der Waals surface area contributed by atoms with E-state index in [1.165, 1.54) is 33.0 Å². The normalized spacial score (nSPS) is 10.9. The summed E-state index contributed by atoms with van der Waals surface area (Å²) >= 11 is 0. The molecular formula is C31H31ClN3P. The smallest absolute Gasteiger partial charge is 0.249 e. The molecule has 0 amide bonds. The lowest BCUT2D eigenvalue weighted by atomic mass is 10.1. The number of aromatic nitrogens is 3. The van der Waals surface area contributed by atoms with Crippen molar-refractivity contribution in [1.82, 2.24) is 9.55 Å². The van der Waals surface area contributed by atoms with Crippen LogP contribution < -0.4 is 27.6 Å². The number of rotatable bonds is 7. The lowest BCUT2D eigenvalue weighted by Crippen LogP contribution is -3.00. The van der Waals surface area contributed by atoms with Crippen molar-refractivity contribution in [3.63, 3.8) is 0 Å². The predicted octanol–water partition coefficient (Wildman–Crippen LogP) is 2.77. The van der Waals surface area contributed by atoms with Gasteiger partial charge in [-0.05, 0) is 62.6 Å². The van der Waals surface area contributed by atoms with E-state index in [1.807, 2.05) is 0 Å². The highest BCUT2D eigenvalue weighted by molar-refractivity contribution is 7.72. The maximum Gasteiger partial charge on any atom is 0.249 e. The van der Waals surface area contributed by atoms with Gasteiger partial charge in [0.2, 0.25) is 6.33 Å². The van der Waals surface area contributed by atoms with Gasteiger partial charge >= 0.3 is 0 Å². The van der Waals surface area contributed by atoms with Crippen LogP contribution in [0.3, 0.4) is 0 Å². The van der Waals surface area contributed by atoms with Crippen LogP contribution in [0.15, 0.2) is 110 Å². The quantitative estimate of drug-likeness (QED) is 0.243. The van der Waals surface area contributed by atoms with Crippen LogP contribution in [0.5, 0.6) is 0 Å². The van der Waals surface area contributed by atoms with Crippen molar-refractivity contribution in [3.05, 3.63) is 138 Å². The zero-order valence-corrected chi connectivity index (χ0v) is 22.6. The Kier molecular flexibility index (Phi) is 8.36. The maximum absolute atomic E-state index is 5.07. The molecule has 5 aromatic rings. The summed E-state index contributed by atoms with van der Waals surface area (Å²) in [7, 11) is -0.509. The van der Waals surface area contributed by atoms with Crippen molar-refractivity contribution in [2.24, 2.45) is 0 Å². The Morgan fingerprint density at radius 3 is 1.94 bits per heavy atom. The highest BCUT2D eigenvalue weighted by Gasteiger charge is 2.16. The van der Waals surface area contributed by atoms with E-state index >= 15 is 0 Å². The van der Waals surface area contributed by atoms with Crippen LogP contribution in [0.2, 0.25) is 0 Å². The van der Waals surface area contributed by atoms with Crippen LogP contribution in [-0.4, -0.2) is 9.55 Å². The average molecular weight is 512 g/mol. The second kappa shape index (κ2) is 11.6. The minimum Gasteiger partial charge on any atom is -1.00 e. The minimum absolute atomic E-state index is 0. The summed E-state index contributed by atoms with van der Waals surface area (Å²) in [5, 5.41) is 2.77.